The van der Waals surface area contributed by atoms with Crippen LogP contribution >= 0.6 is 0 Å². The third-order valence-electron chi connectivity index (χ3n) is 7.07. The maximum absolute atomic E-state index is 13.7. The Morgan fingerprint density at radius 3 is 2.66 bits per heavy atom. The first-order chi connectivity index (χ1) is 13.6. The third kappa shape index (κ3) is 2.77. The number of aromatic nitrogens is 2. The maximum atomic E-state index is 13.7. The van der Waals surface area contributed by atoms with Crippen molar-refractivity contribution in [2.45, 2.75) is 78.6 Å². The fourth-order valence-corrected chi connectivity index (χ4v) is 6.29. The van der Waals surface area contributed by atoms with Crippen LogP contribution in [-0.4, -0.2) is 16.0 Å². The Kier molecular flexibility index (Phi) is 3.85. The van der Waals surface area contributed by atoms with Gasteiger partial charge in [-0.05, 0) is 47.6 Å². The van der Waals surface area contributed by atoms with Gasteiger partial charge in [-0.25, -0.2) is 0 Å². The minimum Gasteiger partial charge on any atom is -0.294 e. The Morgan fingerprint density at radius 2 is 1.90 bits per heavy atom. The van der Waals surface area contributed by atoms with E-state index in [2.05, 4.69) is 64.0 Å². The first-order valence-corrected chi connectivity index (χ1v) is 11.0. The van der Waals surface area contributed by atoms with Gasteiger partial charge in [0.2, 0.25) is 0 Å². The van der Waals surface area contributed by atoms with E-state index in [0.717, 1.165) is 43.4 Å². The molecule has 0 bridgehead atoms. The topological polar surface area (TPSA) is 45.8 Å². The van der Waals surface area contributed by atoms with Gasteiger partial charge in [-0.1, -0.05) is 64.5 Å². The van der Waals surface area contributed by atoms with Crippen LogP contribution in [0.1, 0.15) is 82.0 Å². The molecule has 0 saturated heterocycles. The number of benzene rings is 1. The summed E-state index contributed by atoms with van der Waals surface area (Å²) in [7, 11) is 0. The van der Waals surface area contributed by atoms with E-state index in [-0.39, 0.29) is 16.2 Å². The molecule has 1 heterocycles. The molecule has 2 aromatic rings. The number of H-pyrrole nitrogens is 1. The van der Waals surface area contributed by atoms with Gasteiger partial charge in [0.1, 0.15) is 0 Å². The predicted octanol–water partition coefficient (Wildman–Crippen LogP) is 5.47. The molecule has 0 unspecified atom stereocenters. The largest absolute Gasteiger partial charge is 0.294 e. The molecule has 1 spiro atoms. The van der Waals surface area contributed by atoms with Crippen LogP contribution in [0.3, 0.4) is 0 Å². The van der Waals surface area contributed by atoms with Gasteiger partial charge < -0.3 is 0 Å². The molecule has 3 aliphatic carbocycles. The van der Waals surface area contributed by atoms with Crippen LogP contribution in [0.15, 0.2) is 35.4 Å². The number of rotatable bonds is 1. The lowest BCUT2D eigenvalue weighted by atomic mass is 9.57. The summed E-state index contributed by atoms with van der Waals surface area (Å²) in [5, 5.41) is 8.24. The Balaban J connectivity index is 1.80. The standard InChI is InChI=1S/C26H32N2O/c1-24(2,3)14-20-23-19(27-28-20)12-17-13-25(4,5)15-21(29)22(17)26(23)11-10-16-8-6-7-9-18(16)26/h6-9H,10-15H2,1-5H3,(H,27,28)/t26-/m1/s1. The molecule has 0 radical (unpaired) electrons. The lowest BCUT2D eigenvalue weighted by Crippen LogP contribution is -2.42. The molecule has 0 fully saturated rings. The van der Waals surface area contributed by atoms with Crippen molar-refractivity contribution in [1.29, 1.82) is 0 Å². The van der Waals surface area contributed by atoms with E-state index in [0.29, 0.717) is 12.2 Å². The fraction of sp³-hybridized carbons (Fsp3) is 0.538. The van der Waals surface area contributed by atoms with Crippen LogP contribution < -0.4 is 0 Å². The molecule has 152 valence electrons. The van der Waals surface area contributed by atoms with Gasteiger partial charge in [0.25, 0.3) is 0 Å². The van der Waals surface area contributed by atoms with Crippen LogP contribution in [0.5, 0.6) is 0 Å². The fourth-order valence-electron chi connectivity index (χ4n) is 6.29. The van der Waals surface area contributed by atoms with Crippen molar-refractivity contribution in [3.05, 3.63) is 63.5 Å². The number of aromatic amines is 1. The molecule has 0 saturated carbocycles. The lowest BCUT2D eigenvalue weighted by molar-refractivity contribution is -0.118. The summed E-state index contributed by atoms with van der Waals surface area (Å²) in [6, 6.07) is 8.79. The van der Waals surface area contributed by atoms with Gasteiger partial charge in [0.15, 0.2) is 5.78 Å². The minimum absolute atomic E-state index is 0.0427. The molecule has 1 aromatic carbocycles. The molecular formula is C26H32N2O. The average molecular weight is 389 g/mol. The normalized spacial score (nSPS) is 25.2. The highest BCUT2D eigenvalue weighted by Crippen LogP contribution is 2.58. The van der Waals surface area contributed by atoms with Gasteiger partial charge in [-0.15, -0.1) is 0 Å². The van der Waals surface area contributed by atoms with Gasteiger partial charge in [-0.3, -0.25) is 9.89 Å². The second-order valence-electron chi connectivity index (χ2n) is 11.4. The smallest absolute Gasteiger partial charge is 0.160 e. The maximum Gasteiger partial charge on any atom is 0.160 e. The Labute approximate surface area is 174 Å². The molecule has 5 rings (SSSR count). The molecule has 29 heavy (non-hydrogen) atoms. The second kappa shape index (κ2) is 5.93. The van der Waals surface area contributed by atoms with Crippen LogP contribution in [-0.2, 0) is 29.5 Å². The third-order valence-corrected chi connectivity index (χ3v) is 7.07. The molecule has 1 aromatic heterocycles. The summed E-state index contributed by atoms with van der Waals surface area (Å²) in [6.45, 7) is 11.3. The number of hydrogen-bond acceptors (Lipinski definition) is 2. The summed E-state index contributed by atoms with van der Waals surface area (Å²) < 4.78 is 0. The Hall–Kier alpha value is -2.16. The van der Waals surface area contributed by atoms with Crippen LogP contribution in [0.25, 0.3) is 0 Å². The van der Waals surface area contributed by atoms with E-state index in [1.54, 1.807) is 0 Å². The van der Waals surface area contributed by atoms with E-state index in [9.17, 15) is 4.79 Å². The first-order valence-electron chi connectivity index (χ1n) is 11.0. The zero-order valence-electron chi connectivity index (χ0n) is 18.4. The van der Waals surface area contributed by atoms with Crippen LogP contribution in [0.4, 0.5) is 0 Å². The van der Waals surface area contributed by atoms with E-state index in [1.807, 2.05) is 0 Å². The number of carbonyl (C=O) groups is 1. The van der Waals surface area contributed by atoms with E-state index >= 15 is 0 Å². The molecule has 3 nitrogen and oxygen atoms in total. The van der Waals surface area contributed by atoms with Crippen molar-refractivity contribution in [2.24, 2.45) is 10.8 Å². The predicted molar refractivity (Wildman–Crippen MR) is 116 cm³/mol. The van der Waals surface area contributed by atoms with Crippen LogP contribution in [0.2, 0.25) is 0 Å². The number of Topliss-reactive ketones (excluding diaryl/α,β-unsaturated/α-hetero) is 1. The Morgan fingerprint density at radius 1 is 1.14 bits per heavy atom. The van der Waals surface area contributed by atoms with Gasteiger partial charge in [0.05, 0.1) is 11.1 Å². The number of aryl methyl sites for hydroxylation is 1. The summed E-state index contributed by atoms with van der Waals surface area (Å²) in [5.41, 5.74) is 8.82. The summed E-state index contributed by atoms with van der Waals surface area (Å²) >= 11 is 0. The quantitative estimate of drug-likeness (QED) is 0.704. The summed E-state index contributed by atoms with van der Waals surface area (Å²) in [5.74, 6) is 0.363. The van der Waals surface area contributed by atoms with Crippen molar-refractivity contribution >= 4 is 5.78 Å². The second-order valence-corrected chi connectivity index (χ2v) is 11.4. The van der Waals surface area contributed by atoms with Crippen LogP contribution in [0, 0.1) is 10.8 Å². The number of ketones is 1. The number of carbonyl (C=O) groups excluding carboxylic acids is 1. The van der Waals surface area contributed by atoms with Crippen molar-refractivity contribution in [2.75, 3.05) is 0 Å². The van der Waals surface area contributed by atoms with Crippen molar-refractivity contribution in [3.8, 4) is 0 Å². The molecule has 0 amide bonds. The highest BCUT2D eigenvalue weighted by molar-refractivity contribution is 6.02. The molecular weight excluding hydrogens is 356 g/mol. The zero-order chi connectivity index (χ0) is 20.6. The van der Waals surface area contributed by atoms with Gasteiger partial charge in [-0.2, -0.15) is 5.10 Å². The molecule has 3 aliphatic rings. The lowest BCUT2D eigenvalue weighted by Gasteiger charge is -2.44. The molecule has 3 heteroatoms. The molecule has 1 N–H and O–H groups in total. The monoisotopic (exact) mass is 388 g/mol. The van der Waals surface area contributed by atoms with Gasteiger partial charge >= 0.3 is 0 Å². The minimum atomic E-state index is -0.305. The number of allylic oxidation sites excluding steroid dienone is 2. The molecule has 0 aliphatic heterocycles. The van der Waals surface area contributed by atoms with E-state index in [1.165, 1.54) is 28.0 Å². The zero-order valence-corrected chi connectivity index (χ0v) is 18.4. The number of nitrogens with one attached hydrogen (secondary N) is 1. The van der Waals surface area contributed by atoms with E-state index < -0.39 is 0 Å². The number of nitrogens with zero attached hydrogens (tertiary/aromatic N) is 1. The highest BCUT2D eigenvalue weighted by Gasteiger charge is 2.54. The molecule has 1 atom stereocenters. The number of hydrogen-bond donors (Lipinski definition) is 1. The summed E-state index contributed by atoms with van der Waals surface area (Å²) in [4.78, 5) is 13.7. The van der Waals surface area contributed by atoms with Crippen molar-refractivity contribution in [1.82, 2.24) is 10.2 Å². The average Bonchev–Trinajstić information content (AvgIpc) is 3.15. The van der Waals surface area contributed by atoms with Crippen molar-refractivity contribution in [3.63, 3.8) is 0 Å². The highest BCUT2D eigenvalue weighted by atomic mass is 16.1. The first kappa shape index (κ1) is 18.8. The number of fused-ring (bicyclic) bond motifs is 5. The summed E-state index contributed by atoms with van der Waals surface area (Å²) in [6.07, 6.45) is 5.44. The van der Waals surface area contributed by atoms with Crippen molar-refractivity contribution < 1.29 is 4.79 Å². The Bertz CT molecular complexity index is 1050. The van der Waals surface area contributed by atoms with E-state index in [4.69, 9.17) is 5.10 Å². The van der Waals surface area contributed by atoms with Gasteiger partial charge in [0, 0.05) is 29.7 Å². The SMILES string of the molecule is CC(C)(C)Cc1n[nH]c2c1[C@@]1(CCc3ccccc31)C1=C(C2)CC(C)(C)CC1=O.